The van der Waals surface area contributed by atoms with Crippen LogP contribution in [0, 0.1) is 12.8 Å². The Balaban J connectivity index is 2.59. The van der Waals surface area contributed by atoms with Crippen LogP contribution >= 0.6 is 0 Å². The quantitative estimate of drug-likeness (QED) is 0.801. The van der Waals surface area contributed by atoms with E-state index < -0.39 is 0 Å². The van der Waals surface area contributed by atoms with Crippen molar-refractivity contribution >= 4 is 0 Å². The van der Waals surface area contributed by atoms with Crippen LogP contribution < -0.4 is 5.32 Å². The molecule has 0 fully saturated rings. The molecule has 1 aromatic rings. The molecule has 0 aliphatic carbocycles. The van der Waals surface area contributed by atoms with E-state index in [9.17, 15) is 0 Å². The second-order valence-corrected chi connectivity index (χ2v) is 4.31. The highest BCUT2D eigenvalue weighted by molar-refractivity contribution is 5.17. The molecule has 1 rings (SSSR count). The Labute approximate surface area is 93.1 Å². The molecule has 0 spiro atoms. The van der Waals surface area contributed by atoms with Crippen molar-refractivity contribution in [1.82, 2.24) is 10.3 Å². The van der Waals surface area contributed by atoms with Crippen molar-refractivity contribution < 1.29 is 0 Å². The third kappa shape index (κ3) is 3.63. The third-order valence-electron chi connectivity index (χ3n) is 3.03. The molecule has 0 aliphatic rings. The maximum absolute atomic E-state index is 4.34. The van der Waals surface area contributed by atoms with Crippen LogP contribution in [0.15, 0.2) is 18.3 Å². The lowest BCUT2D eigenvalue weighted by atomic mass is 9.90. The fourth-order valence-corrected chi connectivity index (χ4v) is 1.63. The van der Waals surface area contributed by atoms with Gasteiger partial charge in [0.1, 0.15) is 0 Å². The van der Waals surface area contributed by atoms with Gasteiger partial charge in [0.25, 0.3) is 0 Å². The van der Waals surface area contributed by atoms with E-state index in [1.165, 1.54) is 5.56 Å². The maximum atomic E-state index is 4.34. The molecule has 0 bridgehead atoms. The number of hydrogen-bond donors (Lipinski definition) is 1. The van der Waals surface area contributed by atoms with Gasteiger partial charge in [-0.15, -0.1) is 0 Å². The first-order chi connectivity index (χ1) is 7.15. The van der Waals surface area contributed by atoms with Gasteiger partial charge in [0.15, 0.2) is 0 Å². The second-order valence-electron chi connectivity index (χ2n) is 4.31. The first-order valence-electron chi connectivity index (χ1n) is 5.78. The second kappa shape index (κ2) is 5.86. The van der Waals surface area contributed by atoms with Crippen LogP contribution in [0.25, 0.3) is 0 Å². The lowest BCUT2D eigenvalue weighted by Crippen LogP contribution is -2.24. The Bertz CT molecular complexity index is 279. The molecule has 1 heterocycles. The van der Waals surface area contributed by atoms with Gasteiger partial charge in [0.2, 0.25) is 0 Å². The molecule has 84 valence electrons. The van der Waals surface area contributed by atoms with Crippen LogP contribution in [0.4, 0.5) is 0 Å². The normalized spacial score (nSPS) is 14.9. The molecule has 0 amide bonds. The Morgan fingerprint density at radius 3 is 2.60 bits per heavy atom. The number of rotatable bonds is 5. The average Bonchev–Trinajstić information content (AvgIpc) is 2.26. The largest absolute Gasteiger partial charge is 0.317 e. The Hall–Kier alpha value is -0.890. The highest BCUT2D eigenvalue weighted by Gasteiger charge is 2.13. The molecule has 0 saturated heterocycles. The van der Waals surface area contributed by atoms with E-state index in [1.807, 2.05) is 13.1 Å². The zero-order valence-corrected chi connectivity index (χ0v) is 10.2. The zero-order valence-electron chi connectivity index (χ0n) is 10.2. The first-order valence-corrected chi connectivity index (χ1v) is 5.78. The minimum Gasteiger partial charge on any atom is -0.317 e. The number of pyridine rings is 1. The summed E-state index contributed by atoms with van der Waals surface area (Å²) >= 11 is 0. The summed E-state index contributed by atoms with van der Waals surface area (Å²) in [6.07, 6.45) is 2.00. The van der Waals surface area contributed by atoms with Crippen LogP contribution in [0.2, 0.25) is 0 Å². The van der Waals surface area contributed by atoms with Gasteiger partial charge in [-0.25, -0.2) is 0 Å². The van der Waals surface area contributed by atoms with Crippen LogP contribution in [0.3, 0.4) is 0 Å². The fraction of sp³-hybridized carbons (Fsp3) is 0.615. The Morgan fingerprint density at radius 2 is 2.07 bits per heavy atom. The summed E-state index contributed by atoms with van der Waals surface area (Å²) in [7, 11) is 0. The lowest BCUT2D eigenvalue weighted by molar-refractivity contribution is 0.453. The van der Waals surface area contributed by atoms with E-state index in [2.05, 4.69) is 43.2 Å². The van der Waals surface area contributed by atoms with E-state index in [-0.39, 0.29) is 0 Å². The van der Waals surface area contributed by atoms with Crippen molar-refractivity contribution in [2.45, 2.75) is 33.6 Å². The number of aromatic nitrogens is 1. The highest BCUT2D eigenvalue weighted by Crippen LogP contribution is 2.22. The summed E-state index contributed by atoms with van der Waals surface area (Å²) in [6.45, 7) is 10.8. The summed E-state index contributed by atoms with van der Waals surface area (Å²) in [4.78, 5) is 4.34. The molecule has 0 radical (unpaired) electrons. The molecule has 2 heteroatoms. The van der Waals surface area contributed by atoms with Gasteiger partial charge >= 0.3 is 0 Å². The molecule has 1 aromatic heterocycles. The summed E-state index contributed by atoms with van der Waals surface area (Å²) in [5.41, 5.74) is 2.43. The number of aryl methyl sites for hydroxylation is 1. The zero-order chi connectivity index (χ0) is 11.3. The molecular weight excluding hydrogens is 184 g/mol. The topological polar surface area (TPSA) is 24.9 Å². The van der Waals surface area contributed by atoms with Gasteiger partial charge in [-0.05, 0) is 43.5 Å². The average molecular weight is 206 g/mol. The Kier molecular flexibility index (Phi) is 4.76. The minimum atomic E-state index is 0.567. The van der Waals surface area contributed by atoms with E-state index in [0.717, 1.165) is 18.8 Å². The molecule has 2 atom stereocenters. The van der Waals surface area contributed by atoms with Crippen molar-refractivity contribution in [2.75, 3.05) is 13.1 Å². The third-order valence-corrected chi connectivity index (χ3v) is 3.03. The molecule has 2 unspecified atom stereocenters. The highest BCUT2D eigenvalue weighted by atomic mass is 14.8. The van der Waals surface area contributed by atoms with Crippen LogP contribution in [0.5, 0.6) is 0 Å². The van der Waals surface area contributed by atoms with Crippen molar-refractivity contribution in [1.29, 1.82) is 0 Å². The van der Waals surface area contributed by atoms with Gasteiger partial charge in [0, 0.05) is 11.9 Å². The summed E-state index contributed by atoms with van der Waals surface area (Å²) in [5.74, 6) is 1.21. The molecule has 1 N–H and O–H groups in total. The number of hydrogen-bond acceptors (Lipinski definition) is 2. The number of nitrogens with zero attached hydrogens (tertiary/aromatic N) is 1. The smallest absolute Gasteiger partial charge is 0.0372 e. The van der Waals surface area contributed by atoms with Crippen LogP contribution in [-0.4, -0.2) is 18.1 Å². The van der Waals surface area contributed by atoms with Gasteiger partial charge in [-0.1, -0.05) is 26.8 Å². The molecule has 0 aliphatic heterocycles. The molecular formula is C13H22N2. The summed E-state index contributed by atoms with van der Waals surface area (Å²) in [5, 5.41) is 3.39. The summed E-state index contributed by atoms with van der Waals surface area (Å²) in [6, 6.07) is 4.28. The molecule has 15 heavy (non-hydrogen) atoms. The first kappa shape index (κ1) is 12.2. The monoisotopic (exact) mass is 206 g/mol. The predicted octanol–water partition coefficient (Wildman–Crippen LogP) is 2.74. The lowest BCUT2D eigenvalue weighted by Gasteiger charge is -2.20. The fourth-order valence-electron chi connectivity index (χ4n) is 1.63. The van der Waals surface area contributed by atoms with Crippen molar-refractivity contribution in [3.63, 3.8) is 0 Å². The molecule has 0 saturated carbocycles. The van der Waals surface area contributed by atoms with Gasteiger partial charge < -0.3 is 5.32 Å². The van der Waals surface area contributed by atoms with E-state index in [0.29, 0.717) is 11.8 Å². The van der Waals surface area contributed by atoms with E-state index in [4.69, 9.17) is 0 Å². The molecule has 0 aromatic carbocycles. The van der Waals surface area contributed by atoms with E-state index >= 15 is 0 Å². The van der Waals surface area contributed by atoms with Gasteiger partial charge in [-0.2, -0.15) is 0 Å². The predicted molar refractivity (Wildman–Crippen MR) is 65.1 cm³/mol. The maximum Gasteiger partial charge on any atom is 0.0372 e. The van der Waals surface area contributed by atoms with Crippen molar-refractivity contribution in [3.8, 4) is 0 Å². The van der Waals surface area contributed by atoms with Gasteiger partial charge in [-0.3, -0.25) is 4.98 Å². The van der Waals surface area contributed by atoms with Crippen molar-refractivity contribution in [3.05, 3.63) is 29.6 Å². The van der Waals surface area contributed by atoms with Crippen LogP contribution in [-0.2, 0) is 0 Å². The van der Waals surface area contributed by atoms with Crippen LogP contribution in [0.1, 0.15) is 37.9 Å². The number of nitrogens with one attached hydrogen (secondary N) is 1. The SMILES string of the molecule is CCNCC(C)C(C)c1ccc(C)nc1. The van der Waals surface area contributed by atoms with Crippen molar-refractivity contribution in [2.24, 2.45) is 5.92 Å². The van der Waals surface area contributed by atoms with Gasteiger partial charge in [0.05, 0.1) is 0 Å². The standard InChI is InChI=1S/C13H22N2/c1-5-14-8-10(2)12(4)13-7-6-11(3)15-9-13/h6-7,9-10,12,14H,5,8H2,1-4H3. The van der Waals surface area contributed by atoms with E-state index in [1.54, 1.807) is 0 Å². The summed E-state index contributed by atoms with van der Waals surface area (Å²) < 4.78 is 0. The minimum absolute atomic E-state index is 0.567. The molecule has 2 nitrogen and oxygen atoms in total. The Morgan fingerprint density at radius 1 is 1.33 bits per heavy atom.